The second-order valence-corrected chi connectivity index (χ2v) is 4.59. The van der Waals surface area contributed by atoms with E-state index in [4.69, 9.17) is 0 Å². The molecule has 2 aliphatic rings. The van der Waals surface area contributed by atoms with Crippen LogP contribution >= 0.6 is 0 Å². The zero-order valence-electron chi connectivity index (χ0n) is 7.64. The average molecular weight is 153 g/mol. The SMILES string of the molecule is CC(C)C1CC1CNC1CC1. The molecule has 0 saturated heterocycles. The first kappa shape index (κ1) is 7.60. The Morgan fingerprint density at radius 1 is 1.36 bits per heavy atom. The Kier molecular flexibility index (Phi) is 1.92. The minimum atomic E-state index is 0.906. The van der Waals surface area contributed by atoms with Crippen LogP contribution in [0.3, 0.4) is 0 Å². The normalized spacial score (nSPS) is 36.3. The molecule has 11 heavy (non-hydrogen) atoms. The average Bonchev–Trinajstić information content (AvgIpc) is 2.81. The molecule has 2 unspecified atom stereocenters. The van der Waals surface area contributed by atoms with Crippen LogP contribution < -0.4 is 5.32 Å². The van der Waals surface area contributed by atoms with Gasteiger partial charge in [-0.15, -0.1) is 0 Å². The number of nitrogens with one attached hydrogen (secondary N) is 1. The highest BCUT2D eigenvalue weighted by atomic mass is 15.0. The van der Waals surface area contributed by atoms with Crippen LogP contribution in [0, 0.1) is 17.8 Å². The van der Waals surface area contributed by atoms with E-state index in [1.807, 2.05) is 0 Å². The first-order valence-corrected chi connectivity index (χ1v) is 5.00. The molecule has 2 atom stereocenters. The van der Waals surface area contributed by atoms with Gasteiger partial charge in [0.15, 0.2) is 0 Å². The van der Waals surface area contributed by atoms with E-state index in [2.05, 4.69) is 19.2 Å². The Balaban J connectivity index is 1.59. The monoisotopic (exact) mass is 153 g/mol. The zero-order valence-corrected chi connectivity index (χ0v) is 7.64. The summed E-state index contributed by atoms with van der Waals surface area (Å²) in [5, 5.41) is 3.60. The molecule has 1 heteroatoms. The van der Waals surface area contributed by atoms with Crippen molar-refractivity contribution in [2.45, 2.75) is 39.2 Å². The molecule has 2 fully saturated rings. The first-order valence-electron chi connectivity index (χ1n) is 5.00. The van der Waals surface area contributed by atoms with Gasteiger partial charge in [-0.25, -0.2) is 0 Å². The van der Waals surface area contributed by atoms with Crippen molar-refractivity contribution in [1.29, 1.82) is 0 Å². The molecule has 0 bridgehead atoms. The van der Waals surface area contributed by atoms with Crippen LogP contribution in [0.4, 0.5) is 0 Å². The number of hydrogen-bond acceptors (Lipinski definition) is 1. The van der Waals surface area contributed by atoms with E-state index in [1.165, 1.54) is 25.8 Å². The van der Waals surface area contributed by atoms with Crippen molar-refractivity contribution in [2.24, 2.45) is 17.8 Å². The predicted molar refractivity (Wildman–Crippen MR) is 47.5 cm³/mol. The van der Waals surface area contributed by atoms with Crippen LogP contribution in [0.15, 0.2) is 0 Å². The zero-order chi connectivity index (χ0) is 7.84. The lowest BCUT2D eigenvalue weighted by Crippen LogP contribution is -2.20. The topological polar surface area (TPSA) is 12.0 Å². The Morgan fingerprint density at radius 2 is 2.09 bits per heavy atom. The maximum absolute atomic E-state index is 3.60. The van der Waals surface area contributed by atoms with Gasteiger partial charge in [0.05, 0.1) is 0 Å². The summed E-state index contributed by atoms with van der Waals surface area (Å²) < 4.78 is 0. The Hall–Kier alpha value is -0.0400. The van der Waals surface area contributed by atoms with Crippen molar-refractivity contribution in [3.63, 3.8) is 0 Å². The van der Waals surface area contributed by atoms with Gasteiger partial charge in [0.1, 0.15) is 0 Å². The van der Waals surface area contributed by atoms with Gasteiger partial charge in [0.25, 0.3) is 0 Å². The molecule has 0 aromatic heterocycles. The van der Waals surface area contributed by atoms with Crippen molar-refractivity contribution in [2.75, 3.05) is 6.54 Å². The Morgan fingerprint density at radius 3 is 2.55 bits per heavy atom. The summed E-state index contributed by atoms with van der Waals surface area (Å²) in [6.45, 7) is 6.00. The fourth-order valence-electron chi connectivity index (χ4n) is 1.93. The smallest absolute Gasteiger partial charge is 0.00683 e. The Bertz CT molecular complexity index is 138. The lowest BCUT2D eigenvalue weighted by atomic mass is 10.1. The third-order valence-electron chi connectivity index (χ3n) is 3.08. The van der Waals surface area contributed by atoms with E-state index < -0.39 is 0 Å². The minimum absolute atomic E-state index is 0.906. The fraction of sp³-hybridized carbons (Fsp3) is 1.00. The van der Waals surface area contributed by atoms with Gasteiger partial charge in [-0.2, -0.15) is 0 Å². The molecular formula is C10H19N. The molecule has 0 amide bonds. The van der Waals surface area contributed by atoms with Crippen LogP contribution in [-0.2, 0) is 0 Å². The minimum Gasteiger partial charge on any atom is -0.314 e. The molecule has 2 rings (SSSR count). The highest BCUT2D eigenvalue weighted by Crippen LogP contribution is 2.43. The van der Waals surface area contributed by atoms with Crippen LogP contribution in [-0.4, -0.2) is 12.6 Å². The van der Waals surface area contributed by atoms with Gasteiger partial charge in [-0.05, 0) is 43.6 Å². The van der Waals surface area contributed by atoms with E-state index in [-0.39, 0.29) is 0 Å². The summed E-state index contributed by atoms with van der Waals surface area (Å²) in [6, 6.07) is 0.906. The second kappa shape index (κ2) is 2.78. The van der Waals surface area contributed by atoms with E-state index in [0.29, 0.717) is 0 Å². The van der Waals surface area contributed by atoms with Gasteiger partial charge in [0.2, 0.25) is 0 Å². The van der Waals surface area contributed by atoms with Crippen LogP contribution in [0.25, 0.3) is 0 Å². The van der Waals surface area contributed by atoms with Gasteiger partial charge >= 0.3 is 0 Å². The maximum atomic E-state index is 3.60. The summed E-state index contributed by atoms with van der Waals surface area (Å²) in [7, 11) is 0. The summed E-state index contributed by atoms with van der Waals surface area (Å²) in [5.41, 5.74) is 0. The first-order chi connectivity index (χ1) is 5.27. The van der Waals surface area contributed by atoms with Gasteiger partial charge in [-0.1, -0.05) is 13.8 Å². The van der Waals surface area contributed by atoms with Crippen molar-refractivity contribution in [3.8, 4) is 0 Å². The highest BCUT2D eigenvalue weighted by molar-refractivity contribution is 4.92. The molecule has 1 nitrogen and oxygen atoms in total. The van der Waals surface area contributed by atoms with E-state index in [9.17, 15) is 0 Å². The second-order valence-electron chi connectivity index (χ2n) is 4.59. The van der Waals surface area contributed by atoms with Crippen molar-refractivity contribution < 1.29 is 0 Å². The fourth-order valence-corrected chi connectivity index (χ4v) is 1.93. The summed E-state index contributed by atoms with van der Waals surface area (Å²) in [6.07, 6.45) is 4.34. The summed E-state index contributed by atoms with van der Waals surface area (Å²) in [5.74, 6) is 2.98. The van der Waals surface area contributed by atoms with Gasteiger partial charge in [-0.3, -0.25) is 0 Å². The lowest BCUT2D eigenvalue weighted by molar-refractivity contribution is 0.496. The summed E-state index contributed by atoms with van der Waals surface area (Å²) >= 11 is 0. The quantitative estimate of drug-likeness (QED) is 0.651. The van der Waals surface area contributed by atoms with Crippen LogP contribution in [0.2, 0.25) is 0 Å². The molecule has 64 valence electrons. The molecule has 2 saturated carbocycles. The van der Waals surface area contributed by atoms with Gasteiger partial charge < -0.3 is 5.32 Å². The van der Waals surface area contributed by atoms with Crippen molar-refractivity contribution in [3.05, 3.63) is 0 Å². The predicted octanol–water partition coefficient (Wildman–Crippen LogP) is 2.03. The number of hydrogen-bond donors (Lipinski definition) is 1. The van der Waals surface area contributed by atoms with Crippen LogP contribution in [0.1, 0.15) is 33.1 Å². The van der Waals surface area contributed by atoms with Crippen LogP contribution in [0.5, 0.6) is 0 Å². The number of rotatable bonds is 4. The van der Waals surface area contributed by atoms with E-state index in [0.717, 1.165) is 23.8 Å². The standard InChI is InChI=1S/C10H19N/c1-7(2)10-5-8(10)6-11-9-3-4-9/h7-11H,3-6H2,1-2H3. The maximum Gasteiger partial charge on any atom is 0.00683 e. The Labute approximate surface area is 69.6 Å². The highest BCUT2D eigenvalue weighted by Gasteiger charge is 2.39. The van der Waals surface area contributed by atoms with Crippen molar-refractivity contribution in [1.82, 2.24) is 5.32 Å². The molecule has 1 N–H and O–H groups in total. The molecule has 2 aliphatic carbocycles. The molecule has 0 spiro atoms. The van der Waals surface area contributed by atoms with Crippen molar-refractivity contribution >= 4 is 0 Å². The molecule has 0 heterocycles. The molecular weight excluding hydrogens is 134 g/mol. The lowest BCUT2D eigenvalue weighted by Gasteiger charge is -2.03. The van der Waals surface area contributed by atoms with Gasteiger partial charge in [0, 0.05) is 6.04 Å². The largest absolute Gasteiger partial charge is 0.314 e. The molecule has 0 aromatic rings. The van der Waals surface area contributed by atoms with E-state index in [1.54, 1.807) is 0 Å². The van der Waals surface area contributed by atoms with E-state index >= 15 is 0 Å². The third kappa shape index (κ3) is 1.96. The molecule has 0 aromatic carbocycles. The third-order valence-corrected chi connectivity index (χ3v) is 3.08. The molecule has 0 aliphatic heterocycles. The summed E-state index contributed by atoms with van der Waals surface area (Å²) in [4.78, 5) is 0. The molecule has 0 radical (unpaired) electrons.